The van der Waals surface area contributed by atoms with Crippen molar-refractivity contribution in [2.75, 3.05) is 68.5 Å². The van der Waals surface area contributed by atoms with E-state index in [0.29, 0.717) is 61.2 Å². The van der Waals surface area contributed by atoms with Crippen molar-refractivity contribution in [2.45, 2.75) is 103 Å². The van der Waals surface area contributed by atoms with Crippen molar-refractivity contribution in [3.05, 3.63) is 77.5 Å². The molecule has 2 saturated heterocycles. The quantitative estimate of drug-likeness (QED) is 0.0815. The van der Waals surface area contributed by atoms with Gasteiger partial charge in [0.15, 0.2) is 15.7 Å². The molecule has 2 aromatic carbocycles. The molecule has 21 nitrogen and oxygen atoms in total. The van der Waals surface area contributed by atoms with Crippen molar-refractivity contribution in [1.82, 2.24) is 55.9 Å². The van der Waals surface area contributed by atoms with E-state index in [4.69, 9.17) is 4.74 Å². The number of ether oxygens (including phenoxy) is 1. The van der Waals surface area contributed by atoms with Crippen LogP contribution in [0.1, 0.15) is 76.5 Å². The summed E-state index contributed by atoms with van der Waals surface area (Å²) in [6, 6.07) is 2.49. The number of halogens is 2. The fourth-order valence-corrected chi connectivity index (χ4v) is 9.65. The van der Waals surface area contributed by atoms with Crippen LogP contribution >= 0.6 is 0 Å². The second-order valence-corrected chi connectivity index (χ2v) is 23.0. The highest BCUT2D eigenvalue weighted by molar-refractivity contribution is 7.92. The molecule has 0 spiro atoms. The number of hydrogen-bond donors (Lipinski definition) is 6. The molecule has 2 unspecified atom stereocenters. The maximum atomic E-state index is 14.7. The molecule has 2 fully saturated rings. The Labute approximate surface area is 423 Å². The molecule has 0 bridgehead atoms. The molecule has 7 rings (SSSR count). The molecule has 5 heterocycles. The highest BCUT2D eigenvalue weighted by Crippen LogP contribution is 2.37. The number of H-pyrrole nitrogens is 1. The Hall–Kier alpha value is -6.92. The van der Waals surface area contributed by atoms with Gasteiger partial charge in [0.2, 0.25) is 23.7 Å². The minimum Gasteiger partial charge on any atom is -0.491 e. The van der Waals surface area contributed by atoms with Gasteiger partial charge in [0, 0.05) is 80.4 Å². The van der Waals surface area contributed by atoms with Crippen molar-refractivity contribution in [3.8, 4) is 5.75 Å². The number of benzene rings is 2. The lowest BCUT2D eigenvalue weighted by atomic mass is 9.85. The molecule has 2 aliphatic rings. The van der Waals surface area contributed by atoms with Gasteiger partial charge in [-0.1, -0.05) is 26.8 Å². The van der Waals surface area contributed by atoms with Gasteiger partial charge in [-0.3, -0.25) is 29.2 Å². The van der Waals surface area contributed by atoms with Gasteiger partial charge in [0.25, 0.3) is 5.91 Å². The number of carbonyl (C=O) groups excluding carboxylic acids is 4. The van der Waals surface area contributed by atoms with Gasteiger partial charge in [0.1, 0.15) is 58.8 Å². The van der Waals surface area contributed by atoms with E-state index in [1.807, 2.05) is 18.7 Å². The van der Waals surface area contributed by atoms with Crippen LogP contribution in [-0.4, -0.2) is 154 Å². The Morgan fingerprint density at radius 3 is 2.21 bits per heavy atom. The zero-order valence-electron chi connectivity index (χ0n) is 42.7. The first-order valence-electron chi connectivity index (χ1n) is 24.0. The normalized spacial score (nSPS) is 17.5. The number of likely N-dealkylation sites (N-methyl/N-ethyl adjacent to an activating group) is 1. The SMILES string of the molecule is CNC(C)C(=O)NC(C(=O)N1C[C@@H](NC(=O)c2cnc(N3CCN(CCOc4cc5ncnc(Nc6n[nH]c(C)c6C)c5cc4S(=O)(=O)C(C)(C)C)CC3)nc2)C[C@H]1C(=O)Nc1c(F)cccc1F)C(C)(C)C. The summed E-state index contributed by atoms with van der Waals surface area (Å²) in [7, 11) is -2.29. The average molecular weight is 1030 g/mol. The van der Waals surface area contributed by atoms with Crippen LogP contribution in [0.2, 0.25) is 0 Å². The third-order valence-corrected chi connectivity index (χ3v) is 15.7. The number of likely N-dealkylation sites (tertiary alicyclic amines) is 1. The van der Waals surface area contributed by atoms with Gasteiger partial charge in [-0.2, -0.15) is 5.10 Å². The Morgan fingerprint density at radius 1 is 0.932 bits per heavy atom. The first-order chi connectivity index (χ1) is 34.4. The van der Waals surface area contributed by atoms with E-state index in [1.165, 1.54) is 23.6 Å². The highest BCUT2D eigenvalue weighted by Gasteiger charge is 2.46. The van der Waals surface area contributed by atoms with E-state index in [0.717, 1.165) is 29.5 Å². The number of nitrogens with one attached hydrogen (secondary N) is 6. The number of fused-ring (bicyclic) bond motifs is 1. The number of aromatic amines is 1. The number of nitrogens with zero attached hydrogens (tertiary/aromatic N) is 8. The number of aryl methyl sites for hydroxylation is 1. The molecular weight excluding hydrogens is 967 g/mol. The van der Waals surface area contributed by atoms with Crippen LogP contribution in [0.5, 0.6) is 5.75 Å². The number of carbonyl (C=O) groups is 4. The second-order valence-electron chi connectivity index (χ2n) is 20.4. The van der Waals surface area contributed by atoms with Crippen LogP contribution < -0.4 is 36.2 Å². The number of aromatic nitrogens is 6. The van der Waals surface area contributed by atoms with Crippen LogP contribution in [-0.2, 0) is 24.2 Å². The number of sulfone groups is 1. The molecule has 4 atom stereocenters. The molecular formula is C49H64F2N14O7S. The van der Waals surface area contributed by atoms with Gasteiger partial charge in [-0.15, -0.1) is 0 Å². The third-order valence-electron chi connectivity index (χ3n) is 13.2. The lowest BCUT2D eigenvalue weighted by molar-refractivity contribution is -0.143. The Bertz CT molecular complexity index is 2950. The Morgan fingerprint density at radius 2 is 1.60 bits per heavy atom. The van der Waals surface area contributed by atoms with Gasteiger partial charge in [0.05, 0.1) is 21.9 Å². The monoisotopic (exact) mass is 1030 g/mol. The number of anilines is 4. The smallest absolute Gasteiger partial charge is 0.254 e. The minimum absolute atomic E-state index is 0.0253. The molecule has 5 aromatic rings. The molecule has 392 valence electrons. The summed E-state index contributed by atoms with van der Waals surface area (Å²) in [6.07, 6.45) is 4.05. The Balaban J connectivity index is 0.979. The summed E-state index contributed by atoms with van der Waals surface area (Å²) >= 11 is 0. The number of piperazine rings is 1. The van der Waals surface area contributed by atoms with E-state index in [2.05, 4.69) is 61.6 Å². The van der Waals surface area contributed by atoms with E-state index in [-0.39, 0.29) is 35.8 Å². The number of para-hydroxylation sites is 1. The molecule has 2 aliphatic heterocycles. The molecule has 4 amide bonds. The summed E-state index contributed by atoms with van der Waals surface area (Å²) in [6.45, 7) is 18.4. The van der Waals surface area contributed by atoms with Crippen molar-refractivity contribution in [3.63, 3.8) is 0 Å². The van der Waals surface area contributed by atoms with Crippen molar-refractivity contribution in [2.24, 2.45) is 5.41 Å². The minimum atomic E-state index is -3.89. The maximum Gasteiger partial charge on any atom is 0.254 e. The van der Waals surface area contributed by atoms with Crippen LogP contribution in [0.25, 0.3) is 10.9 Å². The third kappa shape index (κ3) is 12.0. The first kappa shape index (κ1) is 53.9. The van der Waals surface area contributed by atoms with Crippen LogP contribution in [0.4, 0.5) is 32.1 Å². The largest absolute Gasteiger partial charge is 0.491 e. The standard InChI is InChI=1S/C49H64F2N14O7S/c1-27-28(2)61-62-41(27)60-42-32-21-38(73(70,71)49(7,8)9)37(22-35(32)55-26-56-42)72-19-18-63-14-16-64(17-15-63)47-53-23-30(24-54-47)44(67)57-31-20-36(45(68)58-39-33(50)12-11-13-34(39)51)65(25-31)46(69)40(48(4,5)6)59-43(66)29(3)52-10/h11-13,21-24,26,29,31,36,40,52H,14-20,25H2,1-10H3,(H,57,67)(H,58,68)(H,59,66)(H2,55,56,60,61,62)/t29?,31-,36-,40?/m0/s1. The second kappa shape index (κ2) is 21.7. The molecule has 0 saturated carbocycles. The number of rotatable bonds is 16. The predicted octanol–water partition coefficient (Wildman–Crippen LogP) is 4.03. The van der Waals surface area contributed by atoms with E-state index < -0.39 is 85.1 Å². The van der Waals surface area contributed by atoms with Gasteiger partial charge in [-0.05, 0) is 78.6 Å². The lowest BCUT2D eigenvalue weighted by Gasteiger charge is -2.36. The number of hydrogen-bond acceptors (Lipinski definition) is 16. The zero-order valence-corrected chi connectivity index (χ0v) is 43.5. The average Bonchev–Trinajstić information content (AvgIpc) is 3.91. The summed E-state index contributed by atoms with van der Waals surface area (Å²) in [4.78, 5) is 77.9. The zero-order chi connectivity index (χ0) is 53.2. The molecule has 73 heavy (non-hydrogen) atoms. The van der Waals surface area contributed by atoms with Gasteiger partial charge in [-0.25, -0.2) is 37.1 Å². The molecule has 0 aliphatic carbocycles. The van der Waals surface area contributed by atoms with Crippen LogP contribution in [0, 0.1) is 30.9 Å². The lowest BCUT2D eigenvalue weighted by Crippen LogP contribution is -2.59. The van der Waals surface area contributed by atoms with Crippen molar-refractivity contribution in [1.29, 1.82) is 0 Å². The van der Waals surface area contributed by atoms with Crippen molar-refractivity contribution < 1.29 is 41.1 Å². The molecule has 3 aromatic heterocycles. The summed E-state index contributed by atoms with van der Waals surface area (Å²) < 4.78 is 62.4. The van der Waals surface area contributed by atoms with Crippen LogP contribution in [0.3, 0.4) is 0 Å². The van der Waals surface area contributed by atoms with E-state index >= 15 is 0 Å². The topological polar surface area (TPSA) is 262 Å². The van der Waals surface area contributed by atoms with Gasteiger partial charge >= 0.3 is 0 Å². The first-order valence-corrected chi connectivity index (χ1v) is 25.4. The van der Waals surface area contributed by atoms with Gasteiger partial charge < -0.3 is 41.1 Å². The van der Waals surface area contributed by atoms with E-state index in [9.17, 15) is 36.4 Å². The fraction of sp³-hybridized carbons (Fsp3) is 0.490. The highest BCUT2D eigenvalue weighted by atomic mass is 32.2. The number of amides is 4. The molecule has 0 radical (unpaired) electrons. The maximum absolute atomic E-state index is 14.7. The predicted molar refractivity (Wildman–Crippen MR) is 270 cm³/mol. The fourth-order valence-electron chi connectivity index (χ4n) is 8.33. The Kier molecular flexibility index (Phi) is 16.0. The van der Waals surface area contributed by atoms with E-state index in [1.54, 1.807) is 67.6 Å². The molecule has 6 N–H and O–H groups in total. The molecule has 24 heteroatoms. The summed E-state index contributed by atoms with van der Waals surface area (Å²) in [5.74, 6) is -2.99. The van der Waals surface area contributed by atoms with Crippen LogP contribution in [0.15, 0.2) is 53.9 Å². The summed E-state index contributed by atoms with van der Waals surface area (Å²) in [5.41, 5.74) is 0.873. The van der Waals surface area contributed by atoms with Crippen molar-refractivity contribution >= 4 is 67.6 Å². The summed E-state index contributed by atoms with van der Waals surface area (Å²) in [5, 5.41) is 21.7.